The van der Waals surface area contributed by atoms with Gasteiger partial charge in [0.25, 0.3) is 0 Å². The van der Waals surface area contributed by atoms with Crippen LogP contribution in [0.15, 0.2) is 41.1 Å². The van der Waals surface area contributed by atoms with Crippen LogP contribution >= 0.6 is 0 Å². The van der Waals surface area contributed by atoms with Crippen LogP contribution in [-0.2, 0) is 0 Å². The third-order valence-electron chi connectivity index (χ3n) is 3.54. The summed E-state index contributed by atoms with van der Waals surface area (Å²) in [5, 5.41) is 3.35. The first-order valence-corrected chi connectivity index (χ1v) is 6.78. The van der Waals surface area contributed by atoms with Gasteiger partial charge in [0, 0.05) is 12.5 Å². The number of hydrogen-bond donors (Lipinski definition) is 1. The molecule has 0 saturated carbocycles. The van der Waals surface area contributed by atoms with Crippen LogP contribution in [0, 0.1) is 5.92 Å². The van der Waals surface area contributed by atoms with Crippen LogP contribution in [0.2, 0.25) is 0 Å². The Kier molecular flexibility index (Phi) is 3.87. The van der Waals surface area contributed by atoms with Crippen LogP contribution in [0.3, 0.4) is 0 Å². The molecule has 20 heavy (non-hydrogen) atoms. The summed E-state index contributed by atoms with van der Waals surface area (Å²) in [6.45, 7) is 1.90. The molecule has 1 saturated heterocycles. The molecule has 3 rings (SSSR count). The zero-order valence-corrected chi connectivity index (χ0v) is 11.4. The average molecular weight is 274 g/mol. The minimum atomic E-state index is -0.198. The molecule has 0 unspecified atom stereocenters. The van der Waals surface area contributed by atoms with Gasteiger partial charge in [0.15, 0.2) is 17.6 Å². The Morgan fingerprint density at radius 3 is 2.85 bits per heavy atom. The average Bonchev–Trinajstić information content (AvgIpc) is 3.18. The lowest BCUT2D eigenvalue weighted by Crippen LogP contribution is -2.21. The van der Waals surface area contributed by atoms with E-state index in [1.807, 2.05) is 24.3 Å². The van der Waals surface area contributed by atoms with Gasteiger partial charge in [0.2, 0.25) is 5.89 Å². The van der Waals surface area contributed by atoms with E-state index in [2.05, 4.69) is 10.3 Å². The molecule has 1 aliphatic rings. The number of aromatic nitrogens is 1. The molecule has 2 atom stereocenters. The molecule has 0 spiro atoms. The fourth-order valence-corrected chi connectivity index (χ4v) is 2.51. The molecular formula is C15H18N2O3. The first-order chi connectivity index (χ1) is 9.88. The molecule has 0 bridgehead atoms. The Hall–Kier alpha value is -2.01. The van der Waals surface area contributed by atoms with E-state index in [0.29, 0.717) is 17.6 Å². The molecule has 5 heteroatoms. The molecule has 1 aliphatic heterocycles. The summed E-state index contributed by atoms with van der Waals surface area (Å²) in [5.74, 6) is 2.39. The molecule has 5 nitrogen and oxygen atoms in total. The van der Waals surface area contributed by atoms with E-state index in [9.17, 15) is 0 Å². The summed E-state index contributed by atoms with van der Waals surface area (Å²) >= 11 is 0. The van der Waals surface area contributed by atoms with Crippen LogP contribution in [-0.4, -0.2) is 25.2 Å². The third-order valence-corrected chi connectivity index (χ3v) is 3.54. The van der Waals surface area contributed by atoms with Crippen LogP contribution in [0.5, 0.6) is 11.5 Å². The minimum Gasteiger partial charge on any atom is -0.493 e. The molecule has 1 aromatic heterocycles. The molecule has 1 N–H and O–H groups in total. The lowest BCUT2D eigenvalue weighted by Gasteiger charge is -2.22. The number of nitrogens with one attached hydrogen (secondary N) is 1. The number of rotatable bonds is 5. The SMILES string of the molecule is COc1ccccc1O[C@@H](c1ncco1)[C@H]1CCNC1. The zero-order valence-electron chi connectivity index (χ0n) is 11.4. The standard InChI is InChI=1S/C15H18N2O3/c1-18-12-4-2-3-5-13(12)20-14(11-6-7-16-10-11)15-17-8-9-19-15/h2-5,8-9,11,14,16H,6-7,10H2,1H3/t11-,14+/m0/s1. The maximum Gasteiger partial charge on any atom is 0.235 e. The first-order valence-electron chi connectivity index (χ1n) is 6.78. The van der Waals surface area contributed by atoms with Gasteiger partial charge in [-0.15, -0.1) is 0 Å². The van der Waals surface area contributed by atoms with Crippen LogP contribution < -0.4 is 14.8 Å². The Labute approximate surface area is 117 Å². The fraction of sp³-hybridized carbons (Fsp3) is 0.400. The Morgan fingerprint density at radius 1 is 1.35 bits per heavy atom. The number of ether oxygens (including phenoxy) is 2. The monoisotopic (exact) mass is 274 g/mol. The Bertz CT molecular complexity index is 536. The second-order valence-electron chi connectivity index (χ2n) is 4.81. The number of para-hydroxylation sites is 2. The highest BCUT2D eigenvalue weighted by Gasteiger charge is 2.31. The molecule has 0 amide bonds. The van der Waals surface area contributed by atoms with E-state index in [1.54, 1.807) is 19.6 Å². The van der Waals surface area contributed by atoms with Gasteiger partial charge in [0.05, 0.1) is 13.3 Å². The zero-order chi connectivity index (χ0) is 13.8. The summed E-state index contributed by atoms with van der Waals surface area (Å²) in [4.78, 5) is 4.25. The van der Waals surface area contributed by atoms with E-state index in [1.165, 1.54) is 0 Å². The molecule has 0 aliphatic carbocycles. The molecule has 0 radical (unpaired) electrons. The third kappa shape index (κ3) is 2.63. The molecule has 106 valence electrons. The van der Waals surface area contributed by atoms with Crippen LogP contribution in [0.4, 0.5) is 0 Å². The quantitative estimate of drug-likeness (QED) is 0.907. The van der Waals surface area contributed by atoms with E-state index in [4.69, 9.17) is 13.9 Å². The van der Waals surface area contributed by atoms with Gasteiger partial charge in [0.1, 0.15) is 6.26 Å². The summed E-state index contributed by atoms with van der Waals surface area (Å²) in [7, 11) is 1.64. The van der Waals surface area contributed by atoms with Gasteiger partial charge in [-0.2, -0.15) is 0 Å². The highest BCUT2D eigenvalue weighted by Crippen LogP contribution is 2.35. The smallest absolute Gasteiger partial charge is 0.235 e. The minimum absolute atomic E-state index is 0.198. The van der Waals surface area contributed by atoms with Crippen molar-refractivity contribution in [3.05, 3.63) is 42.6 Å². The van der Waals surface area contributed by atoms with Crippen molar-refractivity contribution in [3.63, 3.8) is 0 Å². The fourth-order valence-electron chi connectivity index (χ4n) is 2.51. The Balaban J connectivity index is 1.86. The lowest BCUT2D eigenvalue weighted by molar-refractivity contribution is 0.110. The van der Waals surface area contributed by atoms with Crippen molar-refractivity contribution in [2.75, 3.05) is 20.2 Å². The second-order valence-corrected chi connectivity index (χ2v) is 4.81. The molecule has 2 heterocycles. The van der Waals surface area contributed by atoms with Gasteiger partial charge in [-0.1, -0.05) is 12.1 Å². The second kappa shape index (κ2) is 5.96. The lowest BCUT2D eigenvalue weighted by atomic mass is 10.0. The first kappa shape index (κ1) is 13.0. The summed E-state index contributed by atoms with van der Waals surface area (Å²) < 4.78 is 16.9. The summed E-state index contributed by atoms with van der Waals surface area (Å²) in [6.07, 6.45) is 4.07. The van der Waals surface area contributed by atoms with Crippen molar-refractivity contribution >= 4 is 0 Å². The maximum absolute atomic E-state index is 6.14. The van der Waals surface area contributed by atoms with Gasteiger partial charge in [-0.25, -0.2) is 4.98 Å². The number of nitrogens with zero attached hydrogens (tertiary/aromatic N) is 1. The van der Waals surface area contributed by atoms with E-state index < -0.39 is 0 Å². The van der Waals surface area contributed by atoms with Crippen molar-refractivity contribution in [1.29, 1.82) is 0 Å². The van der Waals surface area contributed by atoms with Crippen molar-refractivity contribution < 1.29 is 13.9 Å². The number of hydrogen-bond acceptors (Lipinski definition) is 5. The summed E-state index contributed by atoms with van der Waals surface area (Å²) in [6, 6.07) is 7.63. The van der Waals surface area contributed by atoms with Crippen molar-refractivity contribution in [2.24, 2.45) is 5.92 Å². The van der Waals surface area contributed by atoms with Crippen molar-refractivity contribution in [1.82, 2.24) is 10.3 Å². The molecule has 2 aromatic rings. The largest absolute Gasteiger partial charge is 0.493 e. The predicted molar refractivity (Wildman–Crippen MR) is 73.8 cm³/mol. The molecule has 1 fully saturated rings. The number of methoxy groups -OCH3 is 1. The van der Waals surface area contributed by atoms with Gasteiger partial charge in [-0.3, -0.25) is 0 Å². The maximum atomic E-state index is 6.14. The van der Waals surface area contributed by atoms with E-state index >= 15 is 0 Å². The number of oxazole rings is 1. The molecular weight excluding hydrogens is 256 g/mol. The Morgan fingerprint density at radius 2 is 2.20 bits per heavy atom. The predicted octanol–water partition coefficient (Wildman–Crippen LogP) is 2.41. The van der Waals surface area contributed by atoms with Gasteiger partial charge < -0.3 is 19.2 Å². The highest BCUT2D eigenvalue weighted by molar-refractivity contribution is 5.39. The highest BCUT2D eigenvalue weighted by atomic mass is 16.5. The van der Waals surface area contributed by atoms with Gasteiger partial charge >= 0.3 is 0 Å². The van der Waals surface area contributed by atoms with Crippen molar-refractivity contribution in [2.45, 2.75) is 12.5 Å². The van der Waals surface area contributed by atoms with Crippen molar-refractivity contribution in [3.8, 4) is 11.5 Å². The van der Waals surface area contributed by atoms with E-state index in [0.717, 1.165) is 25.3 Å². The number of benzene rings is 1. The van der Waals surface area contributed by atoms with Gasteiger partial charge in [-0.05, 0) is 25.1 Å². The topological polar surface area (TPSA) is 56.5 Å². The normalized spacial score (nSPS) is 19.8. The van der Waals surface area contributed by atoms with Crippen LogP contribution in [0.1, 0.15) is 18.4 Å². The van der Waals surface area contributed by atoms with Crippen LogP contribution in [0.25, 0.3) is 0 Å². The summed E-state index contributed by atoms with van der Waals surface area (Å²) in [5.41, 5.74) is 0. The molecule has 1 aromatic carbocycles. The van der Waals surface area contributed by atoms with E-state index in [-0.39, 0.29) is 6.10 Å².